The van der Waals surface area contributed by atoms with Gasteiger partial charge >= 0.3 is 0 Å². The second-order valence-electron chi connectivity index (χ2n) is 3.31. The van der Waals surface area contributed by atoms with Crippen molar-refractivity contribution in [2.45, 2.75) is 31.7 Å². The number of hydrogen-bond acceptors (Lipinski definition) is 3. The molecule has 0 saturated carbocycles. The van der Waals surface area contributed by atoms with E-state index < -0.39 is 0 Å². The van der Waals surface area contributed by atoms with E-state index in [0.717, 1.165) is 19.4 Å². The summed E-state index contributed by atoms with van der Waals surface area (Å²) >= 11 is 0. The molecule has 0 aromatic carbocycles. The Morgan fingerprint density at radius 1 is 1.54 bits per heavy atom. The molecule has 1 amide bonds. The Morgan fingerprint density at radius 2 is 2.38 bits per heavy atom. The fraction of sp³-hybridized carbons (Fsp3) is 0.889. The average molecular weight is 187 g/mol. The lowest BCUT2D eigenvalue weighted by Gasteiger charge is -2.09. The minimum Gasteiger partial charge on any atom is -0.396 e. The van der Waals surface area contributed by atoms with E-state index in [9.17, 15) is 4.79 Å². The van der Waals surface area contributed by atoms with Gasteiger partial charge in [0.2, 0.25) is 5.91 Å². The molecule has 1 aliphatic rings. The topological polar surface area (TPSA) is 58.6 Å². The Hall–Kier alpha value is -0.610. The van der Waals surface area contributed by atoms with Crippen LogP contribution in [-0.2, 0) is 9.53 Å². The molecule has 0 bridgehead atoms. The first-order valence-corrected chi connectivity index (χ1v) is 4.81. The van der Waals surface area contributed by atoms with Crippen molar-refractivity contribution in [2.75, 3.05) is 19.8 Å². The zero-order valence-corrected chi connectivity index (χ0v) is 7.79. The first-order valence-electron chi connectivity index (χ1n) is 4.81. The summed E-state index contributed by atoms with van der Waals surface area (Å²) in [6.45, 7) is 1.56. The lowest BCUT2D eigenvalue weighted by Crippen LogP contribution is -2.34. The lowest BCUT2D eigenvalue weighted by molar-refractivity contribution is -0.121. The van der Waals surface area contributed by atoms with Gasteiger partial charge in [0.15, 0.2) is 0 Å². The first-order chi connectivity index (χ1) is 6.33. The van der Waals surface area contributed by atoms with Crippen molar-refractivity contribution in [2.24, 2.45) is 0 Å². The minimum atomic E-state index is 0.0731. The molecule has 1 fully saturated rings. The second kappa shape index (κ2) is 5.94. The SMILES string of the molecule is O=C(CCCCO)NC1CCOC1. The van der Waals surface area contributed by atoms with E-state index in [1.165, 1.54) is 0 Å². The van der Waals surface area contributed by atoms with Gasteiger partial charge in [-0.15, -0.1) is 0 Å². The van der Waals surface area contributed by atoms with Crippen molar-refractivity contribution in [3.63, 3.8) is 0 Å². The summed E-state index contributed by atoms with van der Waals surface area (Å²) in [5, 5.41) is 11.4. The molecule has 0 aliphatic carbocycles. The molecule has 4 heteroatoms. The van der Waals surface area contributed by atoms with Gasteiger partial charge in [-0.3, -0.25) is 4.79 Å². The number of unbranched alkanes of at least 4 members (excludes halogenated alkanes) is 1. The van der Waals surface area contributed by atoms with Crippen LogP contribution in [0.5, 0.6) is 0 Å². The van der Waals surface area contributed by atoms with Gasteiger partial charge in [-0.1, -0.05) is 0 Å². The van der Waals surface area contributed by atoms with E-state index in [0.29, 0.717) is 19.4 Å². The highest BCUT2D eigenvalue weighted by atomic mass is 16.5. The molecule has 1 heterocycles. The summed E-state index contributed by atoms with van der Waals surface area (Å²) in [5.74, 6) is 0.0731. The number of aliphatic hydroxyl groups excluding tert-OH is 1. The Morgan fingerprint density at radius 3 is 3.00 bits per heavy atom. The van der Waals surface area contributed by atoms with Crippen molar-refractivity contribution in [1.82, 2.24) is 5.32 Å². The van der Waals surface area contributed by atoms with E-state index in [1.54, 1.807) is 0 Å². The van der Waals surface area contributed by atoms with Crippen LogP contribution in [-0.4, -0.2) is 36.9 Å². The number of nitrogens with one attached hydrogen (secondary N) is 1. The summed E-state index contributed by atoms with van der Waals surface area (Å²) in [4.78, 5) is 11.2. The normalized spacial score (nSPS) is 21.8. The van der Waals surface area contributed by atoms with Gasteiger partial charge in [0.05, 0.1) is 12.6 Å². The number of rotatable bonds is 5. The molecule has 76 valence electrons. The first kappa shape index (κ1) is 10.5. The third kappa shape index (κ3) is 4.24. The Kier molecular flexibility index (Phi) is 4.78. The fourth-order valence-electron chi connectivity index (χ4n) is 1.35. The highest BCUT2D eigenvalue weighted by Crippen LogP contribution is 2.04. The van der Waals surface area contributed by atoms with Gasteiger partial charge in [-0.25, -0.2) is 0 Å². The standard InChI is InChI=1S/C9H17NO3/c11-5-2-1-3-9(12)10-8-4-6-13-7-8/h8,11H,1-7H2,(H,10,12). The Balaban J connectivity index is 2.02. The van der Waals surface area contributed by atoms with Crippen LogP contribution in [0.2, 0.25) is 0 Å². The number of carbonyl (C=O) groups excluding carboxylic acids is 1. The molecule has 13 heavy (non-hydrogen) atoms. The van der Waals surface area contributed by atoms with E-state index in [-0.39, 0.29) is 18.6 Å². The van der Waals surface area contributed by atoms with Crippen LogP contribution >= 0.6 is 0 Å². The maximum absolute atomic E-state index is 11.2. The quantitative estimate of drug-likeness (QED) is 0.598. The van der Waals surface area contributed by atoms with Crippen LogP contribution in [0.4, 0.5) is 0 Å². The van der Waals surface area contributed by atoms with Crippen LogP contribution in [0.1, 0.15) is 25.7 Å². The molecule has 1 rings (SSSR count). The van der Waals surface area contributed by atoms with Gasteiger partial charge in [0.25, 0.3) is 0 Å². The smallest absolute Gasteiger partial charge is 0.220 e. The highest BCUT2D eigenvalue weighted by molar-refractivity contribution is 5.76. The highest BCUT2D eigenvalue weighted by Gasteiger charge is 2.16. The van der Waals surface area contributed by atoms with Crippen molar-refractivity contribution in [1.29, 1.82) is 0 Å². The molecular weight excluding hydrogens is 170 g/mol. The van der Waals surface area contributed by atoms with Crippen LogP contribution in [0.3, 0.4) is 0 Å². The molecule has 0 radical (unpaired) electrons. The molecule has 1 atom stereocenters. The van der Waals surface area contributed by atoms with E-state index in [2.05, 4.69) is 5.32 Å². The van der Waals surface area contributed by atoms with Crippen LogP contribution < -0.4 is 5.32 Å². The van der Waals surface area contributed by atoms with E-state index >= 15 is 0 Å². The van der Waals surface area contributed by atoms with Gasteiger partial charge in [-0.2, -0.15) is 0 Å². The number of aliphatic hydroxyl groups is 1. The van der Waals surface area contributed by atoms with E-state index in [1.807, 2.05) is 0 Å². The fourth-order valence-corrected chi connectivity index (χ4v) is 1.35. The van der Waals surface area contributed by atoms with Gasteiger partial charge < -0.3 is 15.2 Å². The maximum Gasteiger partial charge on any atom is 0.220 e. The molecule has 0 aromatic heterocycles. The summed E-state index contributed by atoms with van der Waals surface area (Å²) in [6, 6.07) is 0.210. The van der Waals surface area contributed by atoms with Gasteiger partial charge in [0, 0.05) is 19.6 Å². The van der Waals surface area contributed by atoms with Crippen LogP contribution in [0.15, 0.2) is 0 Å². The molecule has 1 aliphatic heterocycles. The van der Waals surface area contributed by atoms with Crippen molar-refractivity contribution >= 4 is 5.91 Å². The number of carbonyl (C=O) groups is 1. The summed E-state index contributed by atoms with van der Waals surface area (Å²) in [6.07, 6.45) is 2.90. The largest absolute Gasteiger partial charge is 0.396 e. The molecule has 0 spiro atoms. The van der Waals surface area contributed by atoms with Gasteiger partial charge in [0.1, 0.15) is 0 Å². The third-order valence-corrected chi connectivity index (χ3v) is 2.11. The maximum atomic E-state index is 11.2. The molecular formula is C9H17NO3. The van der Waals surface area contributed by atoms with Crippen LogP contribution in [0, 0.1) is 0 Å². The van der Waals surface area contributed by atoms with Crippen molar-refractivity contribution in [3.8, 4) is 0 Å². The monoisotopic (exact) mass is 187 g/mol. The number of hydrogen-bond donors (Lipinski definition) is 2. The Labute approximate surface area is 78.3 Å². The molecule has 4 nitrogen and oxygen atoms in total. The molecule has 0 aromatic rings. The minimum absolute atomic E-state index is 0.0731. The second-order valence-corrected chi connectivity index (χ2v) is 3.31. The Bertz CT molecular complexity index is 155. The predicted octanol–water partition coefficient (Wildman–Crippen LogP) is 0.0541. The van der Waals surface area contributed by atoms with Crippen molar-refractivity contribution < 1.29 is 14.6 Å². The number of ether oxygens (including phenoxy) is 1. The lowest BCUT2D eigenvalue weighted by atomic mass is 10.2. The zero-order valence-electron chi connectivity index (χ0n) is 7.79. The molecule has 1 unspecified atom stereocenters. The molecule has 1 saturated heterocycles. The zero-order chi connectivity index (χ0) is 9.52. The average Bonchev–Trinajstić information content (AvgIpc) is 2.57. The molecule has 2 N–H and O–H groups in total. The predicted molar refractivity (Wildman–Crippen MR) is 48.3 cm³/mol. The summed E-state index contributed by atoms with van der Waals surface area (Å²) in [7, 11) is 0. The number of amides is 1. The van der Waals surface area contributed by atoms with Crippen molar-refractivity contribution in [3.05, 3.63) is 0 Å². The van der Waals surface area contributed by atoms with Crippen LogP contribution in [0.25, 0.3) is 0 Å². The van der Waals surface area contributed by atoms with E-state index in [4.69, 9.17) is 9.84 Å². The van der Waals surface area contributed by atoms with Gasteiger partial charge in [-0.05, 0) is 19.3 Å². The third-order valence-electron chi connectivity index (χ3n) is 2.11. The summed E-state index contributed by atoms with van der Waals surface area (Å²) in [5.41, 5.74) is 0. The summed E-state index contributed by atoms with van der Waals surface area (Å²) < 4.78 is 5.13.